The van der Waals surface area contributed by atoms with Crippen LogP contribution in [0, 0.1) is 6.92 Å². The van der Waals surface area contributed by atoms with Gasteiger partial charge in [0.15, 0.2) is 0 Å². The Kier molecular flexibility index (Phi) is 5.59. The van der Waals surface area contributed by atoms with Gasteiger partial charge in [0.25, 0.3) is 6.71 Å². The van der Waals surface area contributed by atoms with Crippen molar-refractivity contribution in [2.24, 2.45) is 0 Å². The van der Waals surface area contributed by atoms with E-state index in [0.29, 0.717) is 0 Å². The number of benzene rings is 7. The van der Waals surface area contributed by atoms with Crippen molar-refractivity contribution in [2.75, 3.05) is 9.80 Å². The highest BCUT2D eigenvalue weighted by molar-refractivity contribution is 7.00. The first-order valence-electron chi connectivity index (χ1n) is 16.3. The minimum absolute atomic E-state index is 0.0992. The van der Waals surface area contributed by atoms with Gasteiger partial charge in [0.2, 0.25) is 0 Å². The van der Waals surface area contributed by atoms with E-state index >= 15 is 0 Å². The summed E-state index contributed by atoms with van der Waals surface area (Å²) in [7, 11) is 0. The van der Waals surface area contributed by atoms with Gasteiger partial charge in [-0.05, 0) is 96.1 Å². The summed E-state index contributed by atoms with van der Waals surface area (Å²) in [6, 6.07) is 60.1. The zero-order chi connectivity index (χ0) is 31.1. The lowest BCUT2D eigenvalue weighted by atomic mass is 9.33. The molecule has 0 fully saturated rings. The Hall–Kier alpha value is -6.00. The van der Waals surface area contributed by atoms with Crippen LogP contribution >= 0.6 is 0 Å². The Morgan fingerprint density at radius 1 is 0.404 bits per heavy atom. The lowest BCUT2D eigenvalue weighted by molar-refractivity contribution is 1.17. The highest BCUT2D eigenvalue weighted by atomic mass is 15.2. The summed E-state index contributed by atoms with van der Waals surface area (Å²) in [5, 5.41) is 2.57. The summed E-state index contributed by atoms with van der Waals surface area (Å²) < 4.78 is 2.44. The fraction of sp³-hybridized carbons (Fsp3) is 0.0233. The molecule has 2 aliphatic heterocycles. The van der Waals surface area contributed by atoms with Gasteiger partial charge in [-0.15, -0.1) is 0 Å². The molecule has 47 heavy (non-hydrogen) atoms. The van der Waals surface area contributed by atoms with Crippen molar-refractivity contribution in [3.63, 3.8) is 0 Å². The topological polar surface area (TPSA) is 11.4 Å². The van der Waals surface area contributed by atoms with E-state index in [1.165, 1.54) is 72.2 Å². The first kappa shape index (κ1) is 26.2. The summed E-state index contributed by atoms with van der Waals surface area (Å²) in [6.07, 6.45) is 0. The molecule has 4 heteroatoms. The zero-order valence-corrected chi connectivity index (χ0v) is 26.0. The number of para-hydroxylation sites is 4. The van der Waals surface area contributed by atoms with Gasteiger partial charge in [0.1, 0.15) is 0 Å². The van der Waals surface area contributed by atoms with Gasteiger partial charge in [0.05, 0.1) is 11.0 Å². The number of aryl methyl sites for hydroxylation is 1. The molecule has 0 N–H and O–H groups in total. The van der Waals surface area contributed by atoms with Crippen LogP contribution in [0.15, 0.2) is 164 Å². The maximum absolute atomic E-state index is 2.48. The molecule has 3 heterocycles. The van der Waals surface area contributed by atoms with Crippen molar-refractivity contribution in [3.8, 4) is 5.69 Å². The summed E-state index contributed by atoms with van der Waals surface area (Å²) in [6.45, 7) is 2.27. The maximum Gasteiger partial charge on any atom is 0.252 e. The van der Waals surface area contributed by atoms with Gasteiger partial charge in [0, 0.05) is 50.6 Å². The molecule has 3 nitrogen and oxygen atoms in total. The lowest BCUT2D eigenvalue weighted by Crippen LogP contribution is -2.61. The normalized spacial score (nSPS) is 13.1. The van der Waals surface area contributed by atoms with E-state index < -0.39 is 0 Å². The quantitative estimate of drug-likeness (QED) is 0.188. The van der Waals surface area contributed by atoms with Gasteiger partial charge in [-0.2, -0.15) is 0 Å². The van der Waals surface area contributed by atoms with Crippen molar-refractivity contribution in [2.45, 2.75) is 6.92 Å². The van der Waals surface area contributed by atoms with Crippen LogP contribution < -0.4 is 26.2 Å². The first-order chi connectivity index (χ1) is 23.3. The molecule has 0 spiro atoms. The number of anilines is 6. The molecule has 0 amide bonds. The summed E-state index contributed by atoms with van der Waals surface area (Å²) in [4.78, 5) is 4.91. The number of nitrogens with zero attached hydrogens (tertiary/aromatic N) is 3. The Morgan fingerprint density at radius 2 is 1.00 bits per heavy atom. The van der Waals surface area contributed by atoms with Crippen molar-refractivity contribution >= 4 is 79.0 Å². The molecule has 0 saturated heterocycles. The Balaban J connectivity index is 1.28. The van der Waals surface area contributed by atoms with E-state index in [-0.39, 0.29) is 6.71 Å². The standard InChI is InChI=1S/C43H30BN3/c1-29-23-26-38-34(27-29)33-17-8-10-19-37(33)47(38)32-24-25-36-42(28-32)46(31-15-6-3-7-16-31)41-22-12-21-40-43(41)44(36)35-18-9-11-20-39(35)45(40)30-13-4-2-5-14-30/h2-28H,1H3. The molecular weight excluding hydrogens is 569 g/mol. The molecule has 0 aliphatic carbocycles. The zero-order valence-electron chi connectivity index (χ0n) is 26.0. The summed E-state index contributed by atoms with van der Waals surface area (Å²) in [5.74, 6) is 0. The third kappa shape index (κ3) is 3.76. The number of fused-ring (bicyclic) bond motifs is 7. The highest BCUT2D eigenvalue weighted by Gasteiger charge is 2.43. The monoisotopic (exact) mass is 599 g/mol. The molecule has 10 rings (SSSR count). The van der Waals surface area contributed by atoms with Crippen LogP contribution in [0.4, 0.5) is 34.1 Å². The average Bonchev–Trinajstić information content (AvgIpc) is 3.45. The van der Waals surface area contributed by atoms with Gasteiger partial charge < -0.3 is 14.4 Å². The third-order valence-corrected chi connectivity index (χ3v) is 10.0. The van der Waals surface area contributed by atoms with Crippen molar-refractivity contribution in [1.82, 2.24) is 4.57 Å². The van der Waals surface area contributed by atoms with Gasteiger partial charge in [-0.25, -0.2) is 0 Å². The molecule has 0 atom stereocenters. The smallest absolute Gasteiger partial charge is 0.252 e. The third-order valence-electron chi connectivity index (χ3n) is 10.0. The van der Waals surface area contributed by atoms with Crippen molar-refractivity contribution in [1.29, 1.82) is 0 Å². The van der Waals surface area contributed by atoms with Gasteiger partial charge in [-0.3, -0.25) is 0 Å². The number of hydrogen-bond acceptors (Lipinski definition) is 2. The van der Waals surface area contributed by atoms with Crippen LogP contribution in [0.25, 0.3) is 27.5 Å². The van der Waals surface area contributed by atoms with E-state index in [1.807, 2.05) is 0 Å². The summed E-state index contributed by atoms with van der Waals surface area (Å²) in [5.41, 5.74) is 16.1. The second-order valence-corrected chi connectivity index (χ2v) is 12.7. The van der Waals surface area contributed by atoms with Crippen LogP contribution in [0.5, 0.6) is 0 Å². The minimum atomic E-state index is 0.0992. The number of hydrogen-bond donors (Lipinski definition) is 0. The average molecular weight is 600 g/mol. The molecule has 0 bridgehead atoms. The van der Waals surface area contributed by atoms with Crippen LogP contribution in [0.1, 0.15) is 5.56 Å². The minimum Gasteiger partial charge on any atom is -0.311 e. The molecule has 7 aromatic carbocycles. The molecule has 220 valence electrons. The fourth-order valence-electron chi connectivity index (χ4n) is 8.08. The Morgan fingerprint density at radius 3 is 1.77 bits per heavy atom. The fourth-order valence-corrected chi connectivity index (χ4v) is 8.08. The van der Waals surface area contributed by atoms with Crippen LogP contribution in [0.3, 0.4) is 0 Å². The molecular formula is C43H30BN3. The van der Waals surface area contributed by atoms with Crippen molar-refractivity contribution in [3.05, 3.63) is 169 Å². The second-order valence-electron chi connectivity index (χ2n) is 12.7. The van der Waals surface area contributed by atoms with E-state index in [2.05, 4.69) is 185 Å². The highest BCUT2D eigenvalue weighted by Crippen LogP contribution is 2.44. The lowest BCUT2D eigenvalue weighted by Gasteiger charge is -2.44. The molecule has 0 radical (unpaired) electrons. The molecule has 0 saturated carbocycles. The van der Waals surface area contributed by atoms with Crippen molar-refractivity contribution < 1.29 is 0 Å². The van der Waals surface area contributed by atoms with E-state index in [9.17, 15) is 0 Å². The van der Waals surface area contributed by atoms with Crippen LogP contribution in [-0.4, -0.2) is 11.3 Å². The molecule has 0 unspecified atom stereocenters. The Labute approximate surface area is 274 Å². The van der Waals surface area contributed by atoms with Gasteiger partial charge in [-0.1, -0.05) is 96.6 Å². The molecule has 1 aromatic heterocycles. The second kappa shape index (κ2) is 10.0. The summed E-state index contributed by atoms with van der Waals surface area (Å²) >= 11 is 0. The van der Waals surface area contributed by atoms with Crippen LogP contribution in [0.2, 0.25) is 0 Å². The number of aromatic nitrogens is 1. The first-order valence-corrected chi connectivity index (χ1v) is 16.3. The van der Waals surface area contributed by atoms with E-state index in [1.54, 1.807) is 0 Å². The predicted molar refractivity (Wildman–Crippen MR) is 200 cm³/mol. The van der Waals surface area contributed by atoms with E-state index in [4.69, 9.17) is 0 Å². The van der Waals surface area contributed by atoms with Crippen LogP contribution in [-0.2, 0) is 0 Å². The van der Waals surface area contributed by atoms with Gasteiger partial charge >= 0.3 is 0 Å². The number of rotatable bonds is 3. The Bertz CT molecular complexity index is 2500. The van der Waals surface area contributed by atoms with E-state index in [0.717, 1.165) is 11.4 Å². The molecule has 8 aromatic rings. The molecule has 2 aliphatic rings. The largest absolute Gasteiger partial charge is 0.311 e. The maximum atomic E-state index is 2.48. The predicted octanol–water partition coefficient (Wildman–Crippen LogP) is 9.17. The SMILES string of the molecule is Cc1ccc2c(c1)c1ccccc1n2-c1ccc2c(c1)N(c1ccccc1)c1cccc3c1B2c1ccccc1N3c1ccccc1.